The van der Waals surface area contributed by atoms with Gasteiger partial charge < -0.3 is 10.1 Å². The fraction of sp³-hybridized carbons (Fsp3) is 0.357. The van der Waals surface area contributed by atoms with Crippen molar-refractivity contribution < 1.29 is 9.53 Å². The topological polar surface area (TPSA) is 41.6 Å². The second kappa shape index (κ2) is 6.33. The zero-order chi connectivity index (χ0) is 12.8. The van der Waals surface area contributed by atoms with Gasteiger partial charge in [0.15, 0.2) is 0 Å². The van der Waals surface area contributed by atoms with E-state index in [9.17, 15) is 4.79 Å². The van der Waals surface area contributed by atoms with Crippen LogP contribution in [0.15, 0.2) is 36.9 Å². The van der Waals surface area contributed by atoms with Crippen LogP contribution in [0.1, 0.15) is 5.56 Å². The minimum Gasteiger partial charge on any atom is -0.379 e. The highest BCUT2D eigenvalue weighted by molar-refractivity contribution is 5.98. The number of nitrogens with zero attached hydrogens (tertiary/aromatic N) is 1. The van der Waals surface area contributed by atoms with Gasteiger partial charge in [0, 0.05) is 25.3 Å². The van der Waals surface area contributed by atoms with E-state index in [-0.39, 0.29) is 5.91 Å². The lowest BCUT2D eigenvalue weighted by Crippen LogP contribution is -2.35. The summed E-state index contributed by atoms with van der Waals surface area (Å²) < 4.78 is 5.31. The summed E-state index contributed by atoms with van der Waals surface area (Å²) in [5.74, 6) is -0.184. The SMILES string of the molecule is C=CC(=O)Nc1ccc(CN2CCOCC2)cc1. The number of morpholine rings is 1. The molecule has 1 aromatic rings. The maximum Gasteiger partial charge on any atom is 0.247 e. The third-order valence-electron chi connectivity index (χ3n) is 2.92. The fourth-order valence-electron chi connectivity index (χ4n) is 1.90. The third-order valence-corrected chi connectivity index (χ3v) is 2.92. The summed E-state index contributed by atoms with van der Waals surface area (Å²) >= 11 is 0. The Hall–Kier alpha value is -1.65. The summed E-state index contributed by atoms with van der Waals surface area (Å²) in [6.45, 7) is 7.94. The first kappa shape index (κ1) is 12.8. The summed E-state index contributed by atoms with van der Waals surface area (Å²) in [5.41, 5.74) is 2.04. The van der Waals surface area contributed by atoms with Crippen molar-refractivity contribution in [2.24, 2.45) is 0 Å². The summed E-state index contributed by atoms with van der Waals surface area (Å²) in [6.07, 6.45) is 1.27. The molecule has 0 spiro atoms. The molecule has 0 bridgehead atoms. The van der Waals surface area contributed by atoms with Crippen LogP contribution in [0.4, 0.5) is 5.69 Å². The van der Waals surface area contributed by atoms with Gasteiger partial charge >= 0.3 is 0 Å². The second-order valence-corrected chi connectivity index (χ2v) is 4.28. The summed E-state index contributed by atoms with van der Waals surface area (Å²) in [4.78, 5) is 13.5. The average molecular weight is 246 g/mol. The first-order valence-electron chi connectivity index (χ1n) is 6.10. The number of benzene rings is 1. The van der Waals surface area contributed by atoms with Crippen LogP contribution in [0.2, 0.25) is 0 Å². The smallest absolute Gasteiger partial charge is 0.247 e. The van der Waals surface area contributed by atoms with Crippen LogP contribution < -0.4 is 5.32 Å². The molecular weight excluding hydrogens is 228 g/mol. The lowest BCUT2D eigenvalue weighted by Gasteiger charge is -2.26. The third kappa shape index (κ3) is 3.68. The van der Waals surface area contributed by atoms with Crippen LogP contribution in [-0.2, 0) is 16.1 Å². The van der Waals surface area contributed by atoms with E-state index >= 15 is 0 Å². The predicted molar refractivity (Wildman–Crippen MR) is 71.4 cm³/mol. The van der Waals surface area contributed by atoms with Crippen LogP contribution in [0.25, 0.3) is 0 Å². The maximum atomic E-state index is 11.1. The Morgan fingerprint density at radius 3 is 2.61 bits per heavy atom. The number of carbonyl (C=O) groups excluding carboxylic acids is 1. The number of hydrogen-bond donors (Lipinski definition) is 1. The number of amides is 1. The molecule has 4 heteroatoms. The van der Waals surface area contributed by atoms with Gasteiger partial charge in [-0.25, -0.2) is 0 Å². The highest BCUT2D eigenvalue weighted by Gasteiger charge is 2.10. The van der Waals surface area contributed by atoms with E-state index in [1.165, 1.54) is 11.6 Å². The molecule has 1 N–H and O–H groups in total. The largest absolute Gasteiger partial charge is 0.379 e. The van der Waals surface area contributed by atoms with E-state index in [1.54, 1.807) is 0 Å². The molecule has 0 aromatic heterocycles. The molecule has 2 rings (SSSR count). The lowest BCUT2D eigenvalue weighted by molar-refractivity contribution is -0.111. The zero-order valence-electron chi connectivity index (χ0n) is 10.4. The van der Waals surface area contributed by atoms with Gasteiger partial charge in [-0.15, -0.1) is 0 Å². The van der Waals surface area contributed by atoms with Crippen molar-refractivity contribution >= 4 is 11.6 Å². The molecule has 0 atom stereocenters. The Bertz CT molecular complexity index is 408. The Kier molecular flexibility index (Phi) is 4.50. The van der Waals surface area contributed by atoms with Gasteiger partial charge in [-0.05, 0) is 23.8 Å². The molecule has 1 aromatic carbocycles. The number of hydrogen-bond acceptors (Lipinski definition) is 3. The summed E-state index contributed by atoms with van der Waals surface area (Å²) in [6, 6.07) is 7.90. The van der Waals surface area contributed by atoms with Crippen molar-refractivity contribution in [3.8, 4) is 0 Å². The van der Waals surface area contributed by atoms with E-state index in [0.717, 1.165) is 38.5 Å². The van der Waals surface area contributed by atoms with Crippen molar-refractivity contribution in [3.05, 3.63) is 42.5 Å². The molecule has 96 valence electrons. The maximum absolute atomic E-state index is 11.1. The lowest BCUT2D eigenvalue weighted by atomic mass is 10.2. The van der Waals surface area contributed by atoms with Gasteiger partial charge in [-0.1, -0.05) is 18.7 Å². The Balaban J connectivity index is 1.90. The van der Waals surface area contributed by atoms with Crippen molar-refractivity contribution in [2.75, 3.05) is 31.6 Å². The number of ether oxygens (including phenoxy) is 1. The molecule has 4 nitrogen and oxygen atoms in total. The van der Waals surface area contributed by atoms with E-state index in [4.69, 9.17) is 4.74 Å². The molecule has 0 radical (unpaired) electrons. The number of anilines is 1. The van der Waals surface area contributed by atoms with Gasteiger partial charge in [-0.2, -0.15) is 0 Å². The van der Waals surface area contributed by atoms with Crippen LogP contribution in [-0.4, -0.2) is 37.1 Å². The molecule has 1 fully saturated rings. The van der Waals surface area contributed by atoms with Crippen molar-refractivity contribution in [2.45, 2.75) is 6.54 Å². The molecule has 1 aliphatic rings. The fourth-order valence-corrected chi connectivity index (χ4v) is 1.90. The highest BCUT2D eigenvalue weighted by atomic mass is 16.5. The highest BCUT2D eigenvalue weighted by Crippen LogP contribution is 2.12. The monoisotopic (exact) mass is 246 g/mol. The first-order valence-corrected chi connectivity index (χ1v) is 6.10. The minimum atomic E-state index is -0.184. The van der Waals surface area contributed by atoms with Crippen LogP contribution >= 0.6 is 0 Å². The standard InChI is InChI=1S/C14H18N2O2/c1-2-14(17)15-13-5-3-12(4-6-13)11-16-7-9-18-10-8-16/h2-6H,1,7-11H2,(H,15,17). The second-order valence-electron chi connectivity index (χ2n) is 4.28. The molecule has 0 aliphatic carbocycles. The first-order chi connectivity index (χ1) is 8.78. The molecular formula is C14H18N2O2. The van der Waals surface area contributed by atoms with Gasteiger partial charge in [0.25, 0.3) is 0 Å². The van der Waals surface area contributed by atoms with E-state index in [0.29, 0.717) is 0 Å². The number of rotatable bonds is 4. The van der Waals surface area contributed by atoms with Gasteiger partial charge in [0.1, 0.15) is 0 Å². The van der Waals surface area contributed by atoms with E-state index in [1.807, 2.05) is 24.3 Å². The molecule has 1 heterocycles. The molecule has 0 saturated carbocycles. The number of nitrogens with one attached hydrogen (secondary N) is 1. The van der Waals surface area contributed by atoms with Gasteiger partial charge in [-0.3, -0.25) is 9.69 Å². The Morgan fingerprint density at radius 2 is 2.00 bits per heavy atom. The Morgan fingerprint density at radius 1 is 1.33 bits per heavy atom. The summed E-state index contributed by atoms with van der Waals surface area (Å²) in [7, 11) is 0. The van der Waals surface area contributed by atoms with Gasteiger partial charge in [0.05, 0.1) is 13.2 Å². The molecule has 1 amide bonds. The van der Waals surface area contributed by atoms with Crippen LogP contribution in [0.5, 0.6) is 0 Å². The number of carbonyl (C=O) groups is 1. The molecule has 1 aliphatic heterocycles. The van der Waals surface area contributed by atoms with Gasteiger partial charge in [0.2, 0.25) is 5.91 Å². The molecule has 1 saturated heterocycles. The van der Waals surface area contributed by atoms with E-state index < -0.39 is 0 Å². The normalized spacial score (nSPS) is 16.2. The average Bonchev–Trinajstić information content (AvgIpc) is 2.42. The quantitative estimate of drug-likeness (QED) is 0.821. The van der Waals surface area contributed by atoms with E-state index in [2.05, 4.69) is 16.8 Å². The van der Waals surface area contributed by atoms with Crippen molar-refractivity contribution in [1.82, 2.24) is 4.90 Å². The molecule has 18 heavy (non-hydrogen) atoms. The summed E-state index contributed by atoms with van der Waals surface area (Å²) in [5, 5.41) is 2.73. The minimum absolute atomic E-state index is 0.184. The zero-order valence-corrected chi connectivity index (χ0v) is 10.4. The molecule has 0 unspecified atom stereocenters. The van der Waals surface area contributed by atoms with Crippen molar-refractivity contribution in [1.29, 1.82) is 0 Å². The van der Waals surface area contributed by atoms with Crippen molar-refractivity contribution in [3.63, 3.8) is 0 Å². The Labute approximate surface area is 107 Å². The van der Waals surface area contributed by atoms with Crippen LogP contribution in [0.3, 0.4) is 0 Å². The van der Waals surface area contributed by atoms with Crippen LogP contribution in [0, 0.1) is 0 Å². The predicted octanol–water partition coefficient (Wildman–Crippen LogP) is 1.64.